The summed E-state index contributed by atoms with van der Waals surface area (Å²) in [6, 6.07) is 4.58. The average molecular weight is 491 g/mol. The predicted molar refractivity (Wildman–Crippen MR) is 120 cm³/mol. The lowest BCUT2D eigenvalue weighted by Gasteiger charge is -2.32. The molecule has 2 aliphatic heterocycles. The number of benzene rings is 1. The molecule has 2 saturated heterocycles. The van der Waals surface area contributed by atoms with E-state index in [4.69, 9.17) is 21.1 Å². The largest absolute Gasteiger partial charge is 0.386 e. The average Bonchev–Trinajstić information content (AvgIpc) is 3.35. The van der Waals surface area contributed by atoms with Gasteiger partial charge in [0.05, 0.1) is 51.7 Å². The topological polar surface area (TPSA) is 121 Å². The van der Waals surface area contributed by atoms with E-state index in [9.17, 15) is 15.5 Å². The van der Waals surface area contributed by atoms with Crippen LogP contribution in [0, 0.1) is 17.1 Å². The first-order valence-electron chi connectivity index (χ1n) is 10.3. The van der Waals surface area contributed by atoms with E-state index in [2.05, 4.69) is 15.3 Å². The van der Waals surface area contributed by atoms with E-state index in [0.29, 0.717) is 33.9 Å². The van der Waals surface area contributed by atoms with Crippen LogP contribution in [-0.4, -0.2) is 51.3 Å². The lowest BCUT2D eigenvalue weighted by atomic mass is 10.0. The first-order valence-corrected chi connectivity index (χ1v) is 11.5. The maximum absolute atomic E-state index is 15.1. The second-order valence-electron chi connectivity index (χ2n) is 8.64. The summed E-state index contributed by atoms with van der Waals surface area (Å²) in [5.74, 6) is -0.384. The van der Waals surface area contributed by atoms with Gasteiger partial charge in [0.25, 0.3) is 0 Å². The van der Waals surface area contributed by atoms with Crippen LogP contribution in [0.2, 0.25) is 5.02 Å². The van der Waals surface area contributed by atoms with Gasteiger partial charge in [-0.05, 0) is 32.4 Å². The zero-order chi connectivity index (χ0) is 23.5. The normalized spacial score (nSPS) is 24.8. The third-order valence-corrected chi connectivity index (χ3v) is 7.45. The van der Waals surface area contributed by atoms with Crippen molar-refractivity contribution in [2.45, 2.75) is 50.4 Å². The summed E-state index contributed by atoms with van der Waals surface area (Å²) in [7, 11) is 0. The highest BCUT2D eigenvalue weighted by atomic mass is 35.5. The number of aromatic nitrogens is 2. The number of halogens is 2. The van der Waals surface area contributed by atoms with Crippen molar-refractivity contribution in [3.05, 3.63) is 39.6 Å². The summed E-state index contributed by atoms with van der Waals surface area (Å²) in [5, 5.41) is 33.9. The molecule has 0 spiro atoms. The van der Waals surface area contributed by atoms with E-state index in [0.717, 1.165) is 11.3 Å². The molecule has 1 aromatic carbocycles. The maximum atomic E-state index is 15.1. The Kier molecular flexibility index (Phi) is 5.52. The molecule has 8 nitrogen and oxygen atoms in total. The number of anilines is 1. The van der Waals surface area contributed by atoms with E-state index in [-0.39, 0.29) is 34.1 Å². The Bertz CT molecular complexity index is 1290. The van der Waals surface area contributed by atoms with E-state index >= 15 is 4.39 Å². The van der Waals surface area contributed by atoms with Crippen LogP contribution in [0.25, 0.3) is 21.3 Å². The molecule has 172 valence electrons. The van der Waals surface area contributed by atoms with E-state index in [1.165, 1.54) is 12.3 Å². The van der Waals surface area contributed by atoms with Crippen molar-refractivity contribution in [1.82, 2.24) is 9.97 Å². The second-order valence-corrected chi connectivity index (χ2v) is 10.1. The van der Waals surface area contributed by atoms with Gasteiger partial charge in [-0.2, -0.15) is 5.26 Å². The zero-order valence-electron chi connectivity index (χ0n) is 17.7. The highest BCUT2D eigenvalue weighted by molar-refractivity contribution is 7.19. The molecule has 4 atom stereocenters. The van der Waals surface area contributed by atoms with Crippen LogP contribution < -0.4 is 5.32 Å². The van der Waals surface area contributed by atoms with E-state index in [1.807, 2.05) is 6.07 Å². The lowest BCUT2D eigenvalue weighted by Crippen LogP contribution is -2.48. The van der Waals surface area contributed by atoms with Crippen LogP contribution in [0.15, 0.2) is 18.3 Å². The van der Waals surface area contributed by atoms with Crippen LogP contribution in [-0.2, 0) is 15.1 Å². The molecular weight excluding hydrogens is 471 g/mol. The molecule has 0 radical (unpaired) electrons. The number of aliphatic hydroxyl groups is 2. The van der Waals surface area contributed by atoms with E-state index in [1.54, 1.807) is 19.9 Å². The minimum absolute atomic E-state index is 0.114. The van der Waals surface area contributed by atoms with Crippen LogP contribution in [0.1, 0.15) is 30.7 Å². The smallest absolute Gasteiger partial charge is 0.223 e. The summed E-state index contributed by atoms with van der Waals surface area (Å²) < 4.78 is 26.6. The van der Waals surface area contributed by atoms with Crippen LogP contribution in [0.5, 0.6) is 0 Å². The number of fused-ring (bicyclic) bond motifs is 3. The minimum atomic E-state index is -1.29. The van der Waals surface area contributed by atoms with Crippen molar-refractivity contribution in [3.8, 4) is 17.3 Å². The molecule has 0 aliphatic carbocycles. The fourth-order valence-corrected chi connectivity index (χ4v) is 5.60. The number of rotatable bonds is 4. The second kappa shape index (κ2) is 8.13. The molecule has 4 heterocycles. The maximum Gasteiger partial charge on any atom is 0.223 e. The first-order chi connectivity index (χ1) is 15.7. The molecule has 5 rings (SSSR count). The standard InChI is InChI=1S/C22H20ClFN4O4S/c1-22(2,30)19-11(6-25)16-13(24)3-9(4-15(16)33-19)17-12(23)7-26-21(28-17)27-14-5-10-8-31-20(32-10)18(14)29/h3-4,7,10,14,18,20,29-30H,5,8H2,1-2H3,(H,26,27,28)/t10-,14+,18-,20+/m0/s1. The Morgan fingerprint density at radius 2 is 2.18 bits per heavy atom. The molecule has 2 fully saturated rings. The van der Waals surface area contributed by atoms with Gasteiger partial charge in [0.15, 0.2) is 6.29 Å². The number of nitriles is 1. The van der Waals surface area contributed by atoms with Gasteiger partial charge in [-0.3, -0.25) is 0 Å². The van der Waals surface area contributed by atoms with Gasteiger partial charge in [0, 0.05) is 15.6 Å². The van der Waals surface area contributed by atoms with Gasteiger partial charge in [-0.25, -0.2) is 14.4 Å². The number of nitrogens with zero attached hydrogens (tertiary/aromatic N) is 3. The molecule has 2 bridgehead atoms. The van der Waals surface area contributed by atoms with Gasteiger partial charge >= 0.3 is 0 Å². The molecule has 11 heteroatoms. The minimum Gasteiger partial charge on any atom is -0.386 e. The summed E-state index contributed by atoms with van der Waals surface area (Å²) in [6.07, 6.45) is 0.226. The van der Waals surface area contributed by atoms with Crippen LogP contribution in [0.3, 0.4) is 0 Å². The molecule has 0 unspecified atom stereocenters. The molecular formula is C22H20ClFN4O4S. The fourth-order valence-electron chi connectivity index (χ4n) is 4.19. The first kappa shape index (κ1) is 22.4. The third-order valence-electron chi connectivity index (χ3n) is 5.72. The van der Waals surface area contributed by atoms with Gasteiger partial charge in [0.1, 0.15) is 18.0 Å². The summed E-state index contributed by atoms with van der Waals surface area (Å²) in [5.41, 5.74) is -0.474. The monoisotopic (exact) mass is 490 g/mol. The number of hydrogen-bond donors (Lipinski definition) is 3. The van der Waals surface area contributed by atoms with Crippen LogP contribution >= 0.6 is 22.9 Å². The lowest BCUT2D eigenvalue weighted by molar-refractivity contribution is -0.156. The Morgan fingerprint density at radius 3 is 2.91 bits per heavy atom. The number of nitrogens with one attached hydrogen (secondary N) is 1. The summed E-state index contributed by atoms with van der Waals surface area (Å²) in [4.78, 5) is 9.05. The third kappa shape index (κ3) is 3.95. The van der Waals surface area contributed by atoms with Crippen molar-refractivity contribution in [2.75, 3.05) is 11.9 Å². The molecule has 33 heavy (non-hydrogen) atoms. The van der Waals surface area contributed by atoms with Crippen molar-refractivity contribution in [1.29, 1.82) is 5.26 Å². The van der Waals surface area contributed by atoms with Crippen molar-refractivity contribution in [2.24, 2.45) is 0 Å². The number of hydrogen-bond acceptors (Lipinski definition) is 9. The highest BCUT2D eigenvalue weighted by Gasteiger charge is 2.43. The van der Waals surface area contributed by atoms with Gasteiger partial charge < -0.3 is 25.0 Å². The predicted octanol–water partition coefficient (Wildman–Crippen LogP) is 3.54. The Labute approximate surface area is 197 Å². The molecule has 3 N–H and O–H groups in total. The number of aliphatic hydroxyl groups excluding tert-OH is 1. The quantitative estimate of drug-likeness (QED) is 0.508. The van der Waals surface area contributed by atoms with Crippen molar-refractivity contribution >= 4 is 39.0 Å². The van der Waals surface area contributed by atoms with Crippen molar-refractivity contribution < 1.29 is 24.1 Å². The van der Waals surface area contributed by atoms with Gasteiger partial charge in [-0.1, -0.05) is 11.6 Å². The highest BCUT2D eigenvalue weighted by Crippen LogP contribution is 2.41. The zero-order valence-corrected chi connectivity index (χ0v) is 19.2. The molecule has 2 aromatic heterocycles. The Hall–Kier alpha value is -2.39. The number of ether oxygens (including phenoxy) is 2. The Balaban J connectivity index is 1.53. The molecule has 3 aromatic rings. The molecule has 0 saturated carbocycles. The number of thiophene rings is 1. The van der Waals surface area contributed by atoms with Crippen molar-refractivity contribution in [3.63, 3.8) is 0 Å². The SMILES string of the molecule is CC(C)(O)c1sc2cc(-c3nc(N[C@@H]4C[C@H]5CO[C@H](O5)[C@H]4O)ncc3Cl)cc(F)c2c1C#N. The van der Waals surface area contributed by atoms with E-state index < -0.39 is 23.8 Å². The summed E-state index contributed by atoms with van der Waals surface area (Å²) >= 11 is 7.49. The van der Waals surface area contributed by atoms with Gasteiger partial charge in [-0.15, -0.1) is 11.3 Å². The Morgan fingerprint density at radius 1 is 1.39 bits per heavy atom. The van der Waals surface area contributed by atoms with Crippen LogP contribution in [0.4, 0.5) is 10.3 Å². The summed E-state index contributed by atoms with van der Waals surface area (Å²) in [6.45, 7) is 3.53. The molecule has 2 aliphatic rings. The molecule has 0 amide bonds. The fraction of sp³-hybridized carbons (Fsp3) is 0.409. The van der Waals surface area contributed by atoms with Gasteiger partial charge in [0.2, 0.25) is 5.95 Å².